The molecule has 180 valence electrons. The molecule has 7 nitrogen and oxygen atoms in total. The van der Waals surface area contributed by atoms with Gasteiger partial charge >= 0.3 is 0 Å². The Balaban J connectivity index is 1.78. The summed E-state index contributed by atoms with van der Waals surface area (Å²) in [4.78, 5) is 12.9. The highest BCUT2D eigenvalue weighted by atomic mass is 32.2. The Kier molecular flexibility index (Phi) is 8.88. The van der Waals surface area contributed by atoms with Gasteiger partial charge in [-0.3, -0.25) is 4.79 Å². The molecule has 1 amide bonds. The fourth-order valence-electron chi connectivity index (χ4n) is 3.85. The van der Waals surface area contributed by atoms with Gasteiger partial charge in [-0.25, -0.2) is 8.42 Å². The van der Waals surface area contributed by atoms with Crippen molar-refractivity contribution >= 4 is 15.9 Å². The van der Waals surface area contributed by atoms with E-state index in [1.807, 2.05) is 38.1 Å². The van der Waals surface area contributed by atoms with Crippen LogP contribution >= 0.6 is 0 Å². The van der Waals surface area contributed by atoms with Gasteiger partial charge < -0.3 is 14.8 Å². The lowest BCUT2D eigenvalue weighted by Gasteiger charge is -2.21. The minimum Gasteiger partial charge on any atom is -0.495 e. The number of ether oxygens (including phenoxy) is 2. The maximum Gasteiger partial charge on any atom is 0.251 e. The van der Waals surface area contributed by atoms with Crippen LogP contribution in [0.5, 0.6) is 5.75 Å². The summed E-state index contributed by atoms with van der Waals surface area (Å²) in [6.45, 7) is 5.70. The lowest BCUT2D eigenvalue weighted by Crippen LogP contribution is -2.32. The Morgan fingerprint density at radius 1 is 1.03 bits per heavy atom. The van der Waals surface area contributed by atoms with Gasteiger partial charge in [-0.1, -0.05) is 37.1 Å². The standard InChI is InChI=1S/C25H34N2O5S/c1-19(2)32-18-22-11-7-6-10-21(22)17-26-25(28)20-12-13-23(31-3)24(16-20)33(29,30)27-14-8-4-5-9-15-27/h6-7,10-13,16,19H,4-5,8-9,14-15,17-18H2,1-3H3,(H,26,28). The number of benzene rings is 2. The Bertz CT molecular complexity index is 1040. The highest BCUT2D eigenvalue weighted by Crippen LogP contribution is 2.29. The van der Waals surface area contributed by atoms with Gasteiger partial charge in [-0.05, 0) is 56.0 Å². The van der Waals surface area contributed by atoms with Crippen LogP contribution in [0.4, 0.5) is 0 Å². The lowest BCUT2D eigenvalue weighted by atomic mass is 10.1. The predicted octanol–water partition coefficient (Wildman–Crippen LogP) is 4.11. The van der Waals surface area contributed by atoms with E-state index >= 15 is 0 Å². The zero-order valence-corrected chi connectivity index (χ0v) is 20.5. The highest BCUT2D eigenvalue weighted by Gasteiger charge is 2.29. The van der Waals surface area contributed by atoms with Crippen LogP contribution in [0.15, 0.2) is 47.4 Å². The number of methoxy groups -OCH3 is 1. The molecule has 0 bridgehead atoms. The number of carbonyl (C=O) groups is 1. The minimum atomic E-state index is -3.76. The van der Waals surface area contributed by atoms with E-state index in [2.05, 4.69) is 5.32 Å². The maximum absolute atomic E-state index is 13.3. The maximum atomic E-state index is 13.3. The van der Waals surface area contributed by atoms with Crippen LogP contribution in [0.25, 0.3) is 0 Å². The molecule has 8 heteroatoms. The average Bonchev–Trinajstić information content (AvgIpc) is 3.11. The van der Waals surface area contributed by atoms with Gasteiger partial charge in [-0.15, -0.1) is 0 Å². The predicted molar refractivity (Wildman–Crippen MR) is 128 cm³/mol. The summed E-state index contributed by atoms with van der Waals surface area (Å²) < 4.78 is 39.2. The first-order valence-electron chi connectivity index (χ1n) is 11.5. The van der Waals surface area contributed by atoms with Gasteiger partial charge in [0.1, 0.15) is 10.6 Å². The van der Waals surface area contributed by atoms with Crippen molar-refractivity contribution in [2.75, 3.05) is 20.2 Å². The summed E-state index contributed by atoms with van der Waals surface area (Å²) in [7, 11) is -2.32. The molecule has 2 aromatic carbocycles. The number of hydrogen-bond donors (Lipinski definition) is 1. The Morgan fingerprint density at radius 2 is 1.70 bits per heavy atom. The molecule has 33 heavy (non-hydrogen) atoms. The van der Waals surface area contributed by atoms with E-state index in [4.69, 9.17) is 9.47 Å². The van der Waals surface area contributed by atoms with Crippen molar-refractivity contribution in [3.8, 4) is 5.75 Å². The second kappa shape index (κ2) is 11.6. The number of rotatable bonds is 9. The van der Waals surface area contributed by atoms with E-state index in [1.54, 1.807) is 12.1 Å². The summed E-state index contributed by atoms with van der Waals surface area (Å²) in [6.07, 6.45) is 3.82. The van der Waals surface area contributed by atoms with Gasteiger partial charge in [0.05, 0.1) is 19.8 Å². The summed E-state index contributed by atoms with van der Waals surface area (Å²) in [5.41, 5.74) is 2.24. The molecular formula is C25H34N2O5S. The first-order valence-corrected chi connectivity index (χ1v) is 12.9. The number of nitrogens with one attached hydrogen (secondary N) is 1. The topological polar surface area (TPSA) is 84.9 Å². The highest BCUT2D eigenvalue weighted by molar-refractivity contribution is 7.89. The first kappa shape index (κ1) is 25.2. The van der Waals surface area contributed by atoms with Crippen molar-refractivity contribution in [1.82, 2.24) is 9.62 Å². The van der Waals surface area contributed by atoms with Gasteiger partial charge in [0, 0.05) is 25.2 Å². The first-order chi connectivity index (χ1) is 15.8. The zero-order chi connectivity index (χ0) is 23.8. The molecule has 0 spiro atoms. The summed E-state index contributed by atoms with van der Waals surface area (Å²) in [5.74, 6) is -0.100. The molecule has 1 fully saturated rings. The molecule has 1 heterocycles. The second-order valence-electron chi connectivity index (χ2n) is 8.50. The fourth-order valence-corrected chi connectivity index (χ4v) is 5.54. The van der Waals surface area contributed by atoms with E-state index < -0.39 is 10.0 Å². The third-order valence-corrected chi connectivity index (χ3v) is 7.66. The van der Waals surface area contributed by atoms with E-state index in [-0.39, 0.29) is 28.2 Å². The van der Waals surface area contributed by atoms with Gasteiger partial charge in [-0.2, -0.15) is 4.31 Å². The molecule has 0 saturated carbocycles. The molecule has 0 radical (unpaired) electrons. The van der Waals surface area contributed by atoms with E-state index in [0.29, 0.717) is 26.2 Å². The summed E-state index contributed by atoms with van der Waals surface area (Å²) in [6, 6.07) is 12.3. The molecule has 0 unspecified atom stereocenters. The van der Waals surface area contributed by atoms with Crippen molar-refractivity contribution in [2.45, 2.75) is 63.7 Å². The van der Waals surface area contributed by atoms with Gasteiger partial charge in [0.15, 0.2) is 0 Å². The van der Waals surface area contributed by atoms with Crippen LogP contribution in [-0.2, 0) is 27.9 Å². The molecule has 0 aliphatic carbocycles. The Hall–Kier alpha value is -2.42. The van der Waals surface area contributed by atoms with Crippen LogP contribution in [0.1, 0.15) is 61.0 Å². The monoisotopic (exact) mass is 474 g/mol. The van der Waals surface area contributed by atoms with Crippen molar-refractivity contribution in [3.05, 3.63) is 59.2 Å². The van der Waals surface area contributed by atoms with Crippen LogP contribution in [-0.4, -0.2) is 44.9 Å². The van der Waals surface area contributed by atoms with E-state index in [1.165, 1.54) is 17.5 Å². The average molecular weight is 475 g/mol. The van der Waals surface area contributed by atoms with Crippen LogP contribution in [0.2, 0.25) is 0 Å². The summed E-state index contributed by atoms with van der Waals surface area (Å²) >= 11 is 0. The third-order valence-electron chi connectivity index (χ3n) is 5.74. The third kappa shape index (κ3) is 6.56. The Morgan fingerprint density at radius 3 is 2.33 bits per heavy atom. The normalized spacial score (nSPS) is 15.3. The zero-order valence-electron chi connectivity index (χ0n) is 19.7. The second-order valence-corrected chi connectivity index (χ2v) is 10.4. The number of sulfonamides is 1. The van der Waals surface area contributed by atoms with Crippen molar-refractivity contribution in [1.29, 1.82) is 0 Å². The van der Waals surface area contributed by atoms with Crippen LogP contribution in [0.3, 0.4) is 0 Å². The van der Waals surface area contributed by atoms with E-state index in [0.717, 1.165) is 36.8 Å². The van der Waals surface area contributed by atoms with Gasteiger partial charge in [0.2, 0.25) is 10.0 Å². The molecule has 0 aromatic heterocycles. The summed E-state index contributed by atoms with van der Waals surface area (Å²) in [5, 5.41) is 2.91. The van der Waals surface area contributed by atoms with Crippen molar-refractivity contribution < 1.29 is 22.7 Å². The smallest absolute Gasteiger partial charge is 0.251 e. The minimum absolute atomic E-state index is 0.0327. The quantitative estimate of drug-likeness (QED) is 0.591. The number of nitrogens with zero attached hydrogens (tertiary/aromatic N) is 1. The fraction of sp³-hybridized carbons (Fsp3) is 0.480. The Labute approximate surface area is 197 Å². The molecule has 1 aliphatic heterocycles. The van der Waals surface area contributed by atoms with Gasteiger partial charge in [0.25, 0.3) is 5.91 Å². The molecule has 1 N–H and O–H groups in total. The number of carbonyl (C=O) groups excluding carboxylic acids is 1. The van der Waals surface area contributed by atoms with E-state index in [9.17, 15) is 13.2 Å². The molecular weight excluding hydrogens is 440 g/mol. The number of amides is 1. The largest absolute Gasteiger partial charge is 0.495 e. The van der Waals surface area contributed by atoms with Crippen molar-refractivity contribution in [3.63, 3.8) is 0 Å². The number of hydrogen-bond acceptors (Lipinski definition) is 5. The van der Waals surface area contributed by atoms with Crippen LogP contribution < -0.4 is 10.1 Å². The molecule has 2 aromatic rings. The molecule has 3 rings (SSSR count). The van der Waals surface area contributed by atoms with Crippen LogP contribution in [0, 0.1) is 0 Å². The SMILES string of the molecule is COc1ccc(C(=O)NCc2ccccc2COC(C)C)cc1S(=O)(=O)N1CCCCCC1. The molecule has 1 saturated heterocycles. The van der Waals surface area contributed by atoms with Crippen molar-refractivity contribution in [2.24, 2.45) is 0 Å². The molecule has 0 atom stereocenters. The lowest BCUT2D eigenvalue weighted by molar-refractivity contribution is 0.0651. The molecule has 1 aliphatic rings.